The second kappa shape index (κ2) is 4.89. The van der Waals surface area contributed by atoms with Gasteiger partial charge < -0.3 is 9.47 Å². The van der Waals surface area contributed by atoms with Gasteiger partial charge >= 0.3 is 0 Å². The fourth-order valence-electron chi connectivity index (χ4n) is 2.47. The Kier molecular flexibility index (Phi) is 3.54. The molecular formula is C11H18O3. The molecule has 2 unspecified atom stereocenters. The fourth-order valence-corrected chi connectivity index (χ4v) is 2.47. The molecule has 0 spiro atoms. The van der Waals surface area contributed by atoms with Crippen molar-refractivity contribution < 1.29 is 14.3 Å². The van der Waals surface area contributed by atoms with Crippen LogP contribution in [0.2, 0.25) is 0 Å². The van der Waals surface area contributed by atoms with Crippen molar-refractivity contribution in [1.82, 2.24) is 0 Å². The minimum Gasteiger partial charge on any atom is -0.379 e. The molecule has 3 nitrogen and oxygen atoms in total. The first-order chi connectivity index (χ1) is 6.86. The molecule has 0 aromatic heterocycles. The van der Waals surface area contributed by atoms with Crippen molar-refractivity contribution >= 4 is 5.78 Å². The highest BCUT2D eigenvalue weighted by Crippen LogP contribution is 2.34. The summed E-state index contributed by atoms with van der Waals surface area (Å²) in [6, 6.07) is 0. The van der Waals surface area contributed by atoms with Gasteiger partial charge in [-0.3, -0.25) is 4.79 Å². The first-order valence-electron chi connectivity index (χ1n) is 5.53. The molecule has 1 aliphatic heterocycles. The molecular weight excluding hydrogens is 180 g/mol. The summed E-state index contributed by atoms with van der Waals surface area (Å²) in [7, 11) is 0. The van der Waals surface area contributed by atoms with E-state index in [4.69, 9.17) is 9.47 Å². The number of rotatable bonds is 0. The third kappa shape index (κ3) is 2.55. The van der Waals surface area contributed by atoms with Crippen LogP contribution >= 0.6 is 0 Å². The Morgan fingerprint density at radius 3 is 1.86 bits per heavy atom. The minimum absolute atomic E-state index is 0.430. The highest BCUT2D eigenvalue weighted by Gasteiger charge is 2.32. The van der Waals surface area contributed by atoms with E-state index in [-0.39, 0.29) is 0 Å². The molecule has 14 heavy (non-hydrogen) atoms. The monoisotopic (exact) mass is 198 g/mol. The number of carbonyl (C=O) groups is 1. The molecule has 2 atom stereocenters. The van der Waals surface area contributed by atoms with Crippen molar-refractivity contribution in [2.75, 3.05) is 26.4 Å². The zero-order chi connectivity index (χ0) is 9.80. The predicted molar refractivity (Wildman–Crippen MR) is 52.1 cm³/mol. The van der Waals surface area contributed by atoms with Crippen LogP contribution in [0.5, 0.6) is 0 Å². The van der Waals surface area contributed by atoms with Gasteiger partial charge in [0.15, 0.2) is 0 Å². The predicted octanol–water partition coefficient (Wildman–Crippen LogP) is 1.41. The molecule has 0 bridgehead atoms. The lowest BCUT2D eigenvalue weighted by Gasteiger charge is -2.20. The number of hydrogen-bond donors (Lipinski definition) is 0. The van der Waals surface area contributed by atoms with E-state index in [1.807, 2.05) is 0 Å². The van der Waals surface area contributed by atoms with Crippen molar-refractivity contribution in [3.05, 3.63) is 0 Å². The van der Waals surface area contributed by atoms with E-state index in [1.165, 1.54) is 0 Å². The van der Waals surface area contributed by atoms with E-state index in [0.717, 1.165) is 38.9 Å². The van der Waals surface area contributed by atoms with Gasteiger partial charge in [0.2, 0.25) is 0 Å². The van der Waals surface area contributed by atoms with Crippen molar-refractivity contribution in [3.8, 4) is 0 Å². The van der Waals surface area contributed by atoms with E-state index < -0.39 is 0 Å². The van der Waals surface area contributed by atoms with Gasteiger partial charge in [0.1, 0.15) is 5.78 Å². The number of ether oxygens (including phenoxy) is 2. The van der Waals surface area contributed by atoms with Crippen LogP contribution in [0.25, 0.3) is 0 Å². The smallest absolute Gasteiger partial charge is 0.133 e. The fraction of sp³-hybridized carbons (Fsp3) is 0.909. The van der Waals surface area contributed by atoms with Gasteiger partial charge in [-0.05, 0) is 24.7 Å². The summed E-state index contributed by atoms with van der Waals surface area (Å²) >= 11 is 0. The topological polar surface area (TPSA) is 35.5 Å². The van der Waals surface area contributed by atoms with Crippen molar-refractivity contribution in [2.45, 2.75) is 25.7 Å². The van der Waals surface area contributed by atoms with Gasteiger partial charge in [0.05, 0.1) is 13.2 Å². The Balaban J connectivity index is 1.89. The minimum atomic E-state index is 0.430. The molecule has 1 aliphatic carbocycles. The van der Waals surface area contributed by atoms with Crippen molar-refractivity contribution in [2.24, 2.45) is 11.8 Å². The summed E-state index contributed by atoms with van der Waals surface area (Å²) in [5, 5.41) is 0. The maximum absolute atomic E-state index is 11.3. The number of hydrogen-bond acceptors (Lipinski definition) is 3. The van der Waals surface area contributed by atoms with E-state index in [1.54, 1.807) is 0 Å². The highest BCUT2D eigenvalue weighted by atomic mass is 16.5. The molecule has 2 aliphatic rings. The molecule has 0 aromatic carbocycles. The summed E-state index contributed by atoms with van der Waals surface area (Å²) in [5.74, 6) is 1.55. The standard InChI is InChI=1S/C11H18O3/c12-11-7-9-1-3-13-5-6-14-4-2-10(9)8-11/h9-10H,1-8H2. The molecule has 80 valence electrons. The second-order valence-corrected chi connectivity index (χ2v) is 4.27. The van der Waals surface area contributed by atoms with Gasteiger partial charge in [-0.2, -0.15) is 0 Å². The summed E-state index contributed by atoms with van der Waals surface area (Å²) in [4.78, 5) is 11.3. The van der Waals surface area contributed by atoms with Crippen molar-refractivity contribution in [1.29, 1.82) is 0 Å². The second-order valence-electron chi connectivity index (χ2n) is 4.27. The number of carbonyl (C=O) groups excluding carboxylic acids is 1. The molecule has 2 fully saturated rings. The van der Waals surface area contributed by atoms with Gasteiger partial charge in [0.25, 0.3) is 0 Å². The summed E-state index contributed by atoms with van der Waals surface area (Å²) < 4.78 is 10.8. The van der Waals surface area contributed by atoms with Crippen LogP contribution in [0.1, 0.15) is 25.7 Å². The Morgan fingerprint density at radius 1 is 0.857 bits per heavy atom. The van der Waals surface area contributed by atoms with Gasteiger partial charge in [0, 0.05) is 26.1 Å². The Labute approximate surface area is 84.8 Å². The first kappa shape index (κ1) is 10.1. The number of fused-ring (bicyclic) bond motifs is 1. The average molecular weight is 198 g/mol. The molecule has 0 radical (unpaired) electrons. The van der Waals surface area contributed by atoms with E-state index in [9.17, 15) is 4.79 Å². The number of Topliss-reactive ketones (excluding diaryl/α,β-unsaturated/α-hetero) is 1. The van der Waals surface area contributed by atoms with E-state index in [2.05, 4.69) is 0 Å². The van der Waals surface area contributed by atoms with Gasteiger partial charge in [-0.25, -0.2) is 0 Å². The zero-order valence-electron chi connectivity index (χ0n) is 8.54. The molecule has 1 saturated carbocycles. The lowest BCUT2D eigenvalue weighted by molar-refractivity contribution is -0.117. The first-order valence-corrected chi connectivity index (χ1v) is 5.53. The van der Waals surface area contributed by atoms with Crippen LogP contribution in [0, 0.1) is 11.8 Å². The van der Waals surface area contributed by atoms with Crippen LogP contribution < -0.4 is 0 Å². The summed E-state index contributed by atoms with van der Waals surface area (Å²) in [5.41, 5.74) is 0. The Bertz CT molecular complexity index is 183. The molecule has 1 heterocycles. The average Bonchev–Trinajstić information content (AvgIpc) is 2.52. The summed E-state index contributed by atoms with van der Waals surface area (Å²) in [6.07, 6.45) is 3.65. The van der Waals surface area contributed by atoms with Gasteiger partial charge in [-0.15, -0.1) is 0 Å². The third-order valence-electron chi connectivity index (χ3n) is 3.28. The van der Waals surface area contributed by atoms with Crippen LogP contribution in [-0.4, -0.2) is 32.2 Å². The third-order valence-corrected chi connectivity index (χ3v) is 3.28. The molecule has 0 N–H and O–H groups in total. The maximum Gasteiger partial charge on any atom is 0.133 e. The SMILES string of the molecule is O=C1CC2CCOCCOCCC2C1. The normalized spacial score (nSPS) is 35.3. The quantitative estimate of drug-likeness (QED) is 0.590. The molecule has 3 heteroatoms. The molecule has 2 rings (SSSR count). The largest absolute Gasteiger partial charge is 0.379 e. The lowest BCUT2D eigenvalue weighted by atomic mass is 9.91. The van der Waals surface area contributed by atoms with Gasteiger partial charge in [-0.1, -0.05) is 0 Å². The molecule has 1 saturated heterocycles. The van der Waals surface area contributed by atoms with Crippen LogP contribution in [0.15, 0.2) is 0 Å². The molecule has 0 aromatic rings. The number of ketones is 1. The molecule has 0 amide bonds. The highest BCUT2D eigenvalue weighted by molar-refractivity contribution is 5.81. The van der Waals surface area contributed by atoms with Crippen LogP contribution in [-0.2, 0) is 14.3 Å². The Hall–Kier alpha value is -0.410. The van der Waals surface area contributed by atoms with Crippen LogP contribution in [0.4, 0.5) is 0 Å². The Morgan fingerprint density at radius 2 is 1.36 bits per heavy atom. The zero-order valence-corrected chi connectivity index (χ0v) is 8.54. The van der Waals surface area contributed by atoms with Crippen molar-refractivity contribution in [3.63, 3.8) is 0 Å². The maximum atomic E-state index is 11.3. The van der Waals surface area contributed by atoms with E-state index >= 15 is 0 Å². The van der Waals surface area contributed by atoms with E-state index in [0.29, 0.717) is 30.8 Å². The van der Waals surface area contributed by atoms with Crippen LogP contribution in [0.3, 0.4) is 0 Å². The lowest BCUT2D eigenvalue weighted by Crippen LogP contribution is -2.17. The summed E-state index contributed by atoms with van der Waals surface area (Å²) in [6.45, 7) is 2.98.